The standard InChI is InChI=1S/C13H22N2O2/c1-13(2,3)14-10-11-6-5-8-15(11)9-7-12(16)17-4/h5-6,8,14H,7,9-10H2,1-4H3. The monoisotopic (exact) mass is 238 g/mol. The summed E-state index contributed by atoms with van der Waals surface area (Å²) in [5, 5.41) is 3.43. The summed E-state index contributed by atoms with van der Waals surface area (Å²) in [6, 6.07) is 4.06. The van der Waals surface area contributed by atoms with E-state index in [2.05, 4.69) is 41.5 Å². The number of hydrogen-bond donors (Lipinski definition) is 1. The first-order chi connectivity index (χ1) is 7.92. The van der Waals surface area contributed by atoms with E-state index in [0.29, 0.717) is 13.0 Å². The lowest BCUT2D eigenvalue weighted by molar-refractivity contribution is -0.140. The second-order valence-electron chi connectivity index (χ2n) is 5.12. The van der Waals surface area contributed by atoms with E-state index >= 15 is 0 Å². The highest BCUT2D eigenvalue weighted by Crippen LogP contribution is 2.07. The van der Waals surface area contributed by atoms with Crippen molar-refractivity contribution in [3.05, 3.63) is 24.0 Å². The first-order valence-corrected chi connectivity index (χ1v) is 5.88. The van der Waals surface area contributed by atoms with E-state index in [1.54, 1.807) is 0 Å². The van der Waals surface area contributed by atoms with Crippen LogP contribution in [0.25, 0.3) is 0 Å². The molecule has 1 rings (SSSR count). The molecule has 0 aliphatic heterocycles. The molecular weight excluding hydrogens is 216 g/mol. The van der Waals surface area contributed by atoms with Crippen LogP contribution >= 0.6 is 0 Å². The van der Waals surface area contributed by atoms with Gasteiger partial charge in [-0.1, -0.05) is 0 Å². The summed E-state index contributed by atoms with van der Waals surface area (Å²) in [6.07, 6.45) is 2.40. The number of nitrogens with one attached hydrogen (secondary N) is 1. The van der Waals surface area contributed by atoms with E-state index in [4.69, 9.17) is 0 Å². The van der Waals surface area contributed by atoms with Crippen LogP contribution in [0.1, 0.15) is 32.9 Å². The van der Waals surface area contributed by atoms with Gasteiger partial charge in [-0.05, 0) is 32.9 Å². The molecule has 17 heavy (non-hydrogen) atoms. The van der Waals surface area contributed by atoms with E-state index in [1.807, 2.05) is 12.3 Å². The number of nitrogens with zero attached hydrogens (tertiary/aromatic N) is 1. The zero-order valence-corrected chi connectivity index (χ0v) is 11.1. The number of aryl methyl sites for hydroxylation is 1. The van der Waals surface area contributed by atoms with Gasteiger partial charge in [0.25, 0.3) is 0 Å². The van der Waals surface area contributed by atoms with Crippen LogP contribution in [-0.4, -0.2) is 23.2 Å². The minimum absolute atomic E-state index is 0.0947. The van der Waals surface area contributed by atoms with Crippen molar-refractivity contribution >= 4 is 5.97 Å². The van der Waals surface area contributed by atoms with Gasteiger partial charge in [0, 0.05) is 30.5 Å². The van der Waals surface area contributed by atoms with Crippen molar-refractivity contribution in [3.63, 3.8) is 0 Å². The zero-order chi connectivity index (χ0) is 12.9. The molecule has 4 heteroatoms. The molecule has 0 spiro atoms. The lowest BCUT2D eigenvalue weighted by Gasteiger charge is -2.21. The highest BCUT2D eigenvalue weighted by molar-refractivity contribution is 5.68. The second-order valence-corrected chi connectivity index (χ2v) is 5.12. The maximum absolute atomic E-state index is 11.1. The summed E-state index contributed by atoms with van der Waals surface area (Å²) < 4.78 is 6.71. The lowest BCUT2D eigenvalue weighted by Crippen LogP contribution is -2.35. The number of esters is 1. The van der Waals surface area contributed by atoms with Crippen molar-refractivity contribution < 1.29 is 9.53 Å². The van der Waals surface area contributed by atoms with Crippen LogP contribution in [0.5, 0.6) is 0 Å². The van der Waals surface area contributed by atoms with Gasteiger partial charge in [-0.25, -0.2) is 0 Å². The van der Waals surface area contributed by atoms with Gasteiger partial charge in [0.2, 0.25) is 0 Å². The molecule has 96 valence electrons. The first kappa shape index (κ1) is 13.8. The normalized spacial score (nSPS) is 11.5. The van der Waals surface area contributed by atoms with Gasteiger partial charge >= 0.3 is 5.97 Å². The van der Waals surface area contributed by atoms with Crippen molar-refractivity contribution in [2.24, 2.45) is 0 Å². The Bertz CT molecular complexity index is 364. The number of hydrogen-bond acceptors (Lipinski definition) is 3. The molecular formula is C13H22N2O2. The third kappa shape index (κ3) is 5.04. The van der Waals surface area contributed by atoms with E-state index in [-0.39, 0.29) is 11.5 Å². The van der Waals surface area contributed by atoms with Gasteiger partial charge in [-0.2, -0.15) is 0 Å². The zero-order valence-electron chi connectivity index (χ0n) is 11.1. The number of carbonyl (C=O) groups excluding carboxylic acids is 1. The Morgan fingerprint density at radius 1 is 1.47 bits per heavy atom. The highest BCUT2D eigenvalue weighted by atomic mass is 16.5. The molecule has 0 saturated carbocycles. The van der Waals surface area contributed by atoms with Gasteiger partial charge in [0.15, 0.2) is 0 Å². The number of aromatic nitrogens is 1. The van der Waals surface area contributed by atoms with Crippen molar-refractivity contribution in [1.29, 1.82) is 0 Å². The van der Waals surface area contributed by atoms with E-state index < -0.39 is 0 Å². The Balaban J connectivity index is 2.51. The summed E-state index contributed by atoms with van der Waals surface area (Å²) in [5.41, 5.74) is 1.28. The summed E-state index contributed by atoms with van der Waals surface area (Å²) >= 11 is 0. The number of carbonyl (C=O) groups is 1. The molecule has 1 N–H and O–H groups in total. The maximum atomic E-state index is 11.1. The predicted molar refractivity (Wildman–Crippen MR) is 67.7 cm³/mol. The van der Waals surface area contributed by atoms with Crippen molar-refractivity contribution in [2.45, 2.75) is 45.8 Å². The number of ether oxygens (including phenoxy) is 1. The third-order valence-electron chi connectivity index (χ3n) is 2.51. The lowest BCUT2D eigenvalue weighted by atomic mass is 10.1. The van der Waals surface area contributed by atoms with Crippen LogP contribution in [-0.2, 0) is 22.6 Å². The third-order valence-corrected chi connectivity index (χ3v) is 2.51. The van der Waals surface area contributed by atoms with Gasteiger partial charge in [-0.3, -0.25) is 4.79 Å². The second kappa shape index (κ2) is 5.87. The van der Waals surface area contributed by atoms with E-state index in [9.17, 15) is 4.79 Å². The van der Waals surface area contributed by atoms with Crippen molar-refractivity contribution in [3.8, 4) is 0 Å². The minimum atomic E-state index is -0.173. The van der Waals surface area contributed by atoms with E-state index in [0.717, 1.165) is 6.54 Å². The molecule has 0 saturated heterocycles. The molecule has 0 bridgehead atoms. The molecule has 0 aliphatic rings. The molecule has 1 aromatic rings. The molecule has 1 aromatic heterocycles. The molecule has 0 aliphatic carbocycles. The molecule has 0 unspecified atom stereocenters. The molecule has 0 amide bonds. The summed E-state index contributed by atoms with van der Waals surface area (Å²) in [5.74, 6) is -0.173. The average Bonchev–Trinajstić information content (AvgIpc) is 2.69. The Labute approximate surface area is 103 Å². The summed E-state index contributed by atoms with van der Waals surface area (Å²) in [6.45, 7) is 7.87. The van der Waals surface area contributed by atoms with Crippen molar-refractivity contribution in [2.75, 3.05) is 7.11 Å². The quantitative estimate of drug-likeness (QED) is 0.797. The topological polar surface area (TPSA) is 43.3 Å². The molecule has 0 radical (unpaired) electrons. The first-order valence-electron chi connectivity index (χ1n) is 5.88. The Hall–Kier alpha value is -1.29. The molecule has 0 fully saturated rings. The predicted octanol–water partition coefficient (Wildman–Crippen LogP) is 1.94. The Morgan fingerprint density at radius 2 is 2.18 bits per heavy atom. The van der Waals surface area contributed by atoms with Gasteiger partial charge in [-0.15, -0.1) is 0 Å². The summed E-state index contributed by atoms with van der Waals surface area (Å²) in [4.78, 5) is 11.1. The largest absolute Gasteiger partial charge is 0.469 e. The van der Waals surface area contributed by atoms with Gasteiger partial charge in [0.1, 0.15) is 0 Å². The fraction of sp³-hybridized carbons (Fsp3) is 0.615. The number of rotatable bonds is 5. The van der Waals surface area contributed by atoms with Crippen LogP contribution in [0, 0.1) is 0 Å². The fourth-order valence-electron chi connectivity index (χ4n) is 1.50. The van der Waals surface area contributed by atoms with Crippen LogP contribution < -0.4 is 5.32 Å². The van der Waals surface area contributed by atoms with Crippen LogP contribution in [0.2, 0.25) is 0 Å². The van der Waals surface area contributed by atoms with Crippen LogP contribution in [0.4, 0.5) is 0 Å². The van der Waals surface area contributed by atoms with Gasteiger partial charge < -0.3 is 14.6 Å². The molecule has 1 heterocycles. The molecule has 0 aromatic carbocycles. The number of methoxy groups -OCH3 is 1. The van der Waals surface area contributed by atoms with Crippen LogP contribution in [0.3, 0.4) is 0 Å². The van der Waals surface area contributed by atoms with Crippen LogP contribution in [0.15, 0.2) is 18.3 Å². The maximum Gasteiger partial charge on any atom is 0.307 e. The SMILES string of the molecule is COC(=O)CCn1cccc1CNC(C)(C)C. The molecule has 0 atom stereocenters. The minimum Gasteiger partial charge on any atom is -0.469 e. The summed E-state index contributed by atoms with van der Waals surface area (Å²) in [7, 11) is 1.42. The highest BCUT2D eigenvalue weighted by Gasteiger charge is 2.10. The molecule has 4 nitrogen and oxygen atoms in total. The average molecular weight is 238 g/mol. The van der Waals surface area contributed by atoms with Crippen molar-refractivity contribution in [1.82, 2.24) is 9.88 Å². The van der Waals surface area contributed by atoms with Gasteiger partial charge in [0.05, 0.1) is 13.5 Å². The van der Waals surface area contributed by atoms with E-state index in [1.165, 1.54) is 12.8 Å². The Kier molecular flexibility index (Phi) is 4.75. The smallest absolute Gasteiger partial charge is 0.307 e. The Morgan fingerprint density at radius 3 is 2.76 bits per heavy atom. The fourth-order valence-corrected chi connectivity index (χ4v) is 1.50.